The Bertz CT molecular complexity index is 194. The third-order valence-corrected chi connectivity index (χ3v) is 1.31. The molecule has 2 N–H and O–H groups in total. The molecule has 0 aliphatic heterocycles. The van der Waals surface area contributed by atoms with Crippen molar-refractivity contribution >= 4 is 11.8 Å². The van der Waals surface area contributed by atoms with E-state index in [2.05, 4.69) is 10.6 Å². The molecule has 0 rings (SSSR count). The fourth-order valence-corrected chi connectivity index (χ4v) is 0.631. The minimum Gasteiger partial charge on any atom is -0.354 e. The fourth-order valence-electron chi connectivity index (χ4n) is 0.631. The molecular weight excluding hydrogens is 168 g/mol. The molecule has 4 nitrogen and oxygen atoms in total. The molecule has 0 radical (unpaired) electrons. The van der Waals surface area contributed by atoms with E-state index in [0.29, 0.717) is 6.54 Å². The van der Waals surface area contributed by atoms with Crippen LogP contribution >= 0.6 is 0 Å². The van der Waals surface area contributed by atoms with Crippen LogP contribution in [-0.2, 0) is 9.59 Å². The van der Waals surface area contributed by atoms with E-state index in [9.17, 15) is 9.59 Å². The summed E-state index contributed by atoms with van der Waals surface area (Å²) in [6.07, 6.45) is 0. The number of carbonyl (C=O) groups is 2. The van der Waals surface area contributed by atoms with Crippen molar-refractivity contribution < 1.29 is 9.59 Å². The minimum absolute atomic E-state index is 0.0609. The van der Waals surface area contributed by atoms with Crippen LogP contribution in [0.25, 0.3) is 0 Å². The van der Waals surface area contributed by atoms with E-state index in [1.54, 1.807) is 0 Å². The quantitative estimate of drug-likeness (QED) is 0.665. The number of rotatable bonds is 3. The predicted molar refractivity (Wildman–Crippen MR) is 51.1 cm³/mol. The maximum absolute atomic E-state index is 11.1. The van der Waals surface area contributed by atoms with Gasteiger partial charge in [-0.15, -0.1) is 0 Å². The summed E-state index contributed by atoms with van der Waals surface area (Å²) in [5.74, 6) is -0.337. The Morgan fingerprint density at radius 2 is 1.69 bits per heavy atom. The zero-order valence-electron chi connectivity index (χ0n) is 8.73. The molecular formula is C9H18N2O2. The number of carbonyl (C=O) groups excluding carboxylic acids is 2. The first-order chi connectivity index (χ1) is 5.81. The minimum atomic E-state index is -0.189. The molecule has 0 aliphatic carbocycles. The van der Waals surface area contributed by atoms with E-state index in [4.69, 9.17) is 0 Å². The summed E-state index contributed by atoms with van der Waals surface area (Å²) in [6.45, 7) is 8.16. The largest absolute Gasteiger partial charge is 0.354 e. The van der Waals surface area contributed by atoms with Gasteiger partial charge in [-0.05, 0) is 5.41 Å². The van der Waals surface area contributed by atoms with E-state index >= 15 is 0 Å². The summed E-state index contributed by atoms with van der Waals surface area (Å²) in [7, 11) is 0. The van der Waals surface area contributed by atoms with Crippen molar-refractivity contribution in [2.75, 3.05) is 13.1 Å². The molecule has 0 saturated heterocycles. The van der Waals surface area contributed by atoms with Crippen molar-refractivity contribution in [2.24, 2.45) is 5.41 Å². The molecule has 0 spiro atoms. The lowest BCUT2D eigenvalue weighted by molar-refractivity contribution is -0.125. The van der Waals surface area contributed by atoms with Crippen LogP contribution in [0, 0.1) is 5.41 Å². The van der Waals surface area contributed by atoms with Gasteiger partial charge in [0, 0.05) is 13.5 Å². The zero-order chi connectivity index (χ0) is 10.5. The molecule has 0 saturated carbocycles. The second-order valence-corrected chi connectivity index (χ2v) is 4.25. The highest BCUT2D eigenvalue weighted by atomic mass is 16.2. The number of hydrogen-bond donors (Lipinski definition) is 2. The first-order valence-corrected chi connectivity index (χ1v) is 4.32. The molecule has 0 unspecified atom stereocenters. The highest BCUT2D eigenvalue weighted by Gasteiger charge is 2.11. The van der Waals surface area contributed by atoms with E-state index in [1.807, 2.05) is 20.8 Å². The lowest BCUT2D eigenvalue weighted by Crippen LogP contribution is -2.39. The molecule has 0 heterocycles. The van der Waals surface area contributed by atoms with Gasteiger partial charge in [-0.25, -0.2) is 0 Å². The monoisotopic (exact) mass is 186 g/mol. The zero-order valence-corrected chi connectivity index (χ0v) is 8.73. The Morgan fingerprint density at radius 1 is 1.15 bits per heavy atom. The first-order valence-electron chi connectivity index (χ1n) is 4.32. The highest BCUT2D eigenvalue weighted by molar-refractivity contribution is 5.83. The molecule has 0 aromatic rings. The van der Waals surface area contributed by atoms with Crippen molar-refractivity contribution in [1.29, 1.82) is 0 Å². The summed E-state index contributed by atoms with van der Waals surface area (Å²) < 4.78 is 0. The second kappa shape index (κ2) is 4.84. The average molecular weight is 186 g/mol. The maximum atomic E-state index is 11.1. The summed E-state index contributed by atoms with van der Waals surface area (Å²) >= 11 is 0. The van der Waals surface area contributed by atoms with Gasteiger partial charge in [0.15, 0.2) is 0 Å². The van der Waals surface area contributed by atoms with Crippen molar-refractivity contribution in [3.05, 3.63) is 0 Å². The van der Waals surface area contributed by atoms with Gasteiger partial charge in [-0.3, -0.25) is 9.59 Å². The van der Waals surface area contributed by atoms with Crippen molar-refractivity contribution in [3.8, 4) is 0 Å². The van der Waals surface area contributed by atoms with Crippen LogP contribution < -0.4 is 10.6 Å². The third kappa shape index (κ3) is 8.85. The highest BCUT2D eigenvalue weighted by Crippen LogP contribution is 2.09. The summed E-state index contributed by atoms with van der Waals surface area (Å²) in [6, 6.07) is 0. The predicted octanol–water partition coefficient (Wildman–Crippen LogP) is 0.285. The van der Waals surface area contributed by atoms with Crippen LogP contribution in [0.5, 0.6) is 0 Å². The van der Waals surface area contributed by atoms with Crippen LogP contribution in [-0.4, -0.2) is 24.9 Å². The number of nitrogens with one attached hydrogen (secondary N) is 2. The van der Waals surface area contributed by atoms with Crippen LogP contribution in [0.15, 0.2) is 0 Å². The Morgan fingerprint density at radius 3 is 2.08 bits per heavy atom. The average Bonchev–Trinajstić information content (AvgIpc) is 1.95. The number of hydrogen-bond acceptors (Lipinski definition) is 2. The smallest absolute Gasteiger partial charge is 0.239 e. The topological polar surface area (TPSA) is 58.2 Å². The Labute approximate surface area is 79.1 Å². The summed E-state index contributed by atoms with van der Waals surface area (Å²) in [5, 5.41) is 5.15. The maximum Gasteiger partial charge on any atom is 0.239 e. The van der Waals surface area contributed by atoms with Crippen molar-refractivity contribution in [2.45, 2.75) is 27.7 Å². The van der Waals surface area contributed by atoms with Gasteiger partial charge in [0.1, 0.15) is 0 Å². The molecule has 2 amide bonds. The van der Waals surface area contributed by atoms with Crippen molar-refractivity contribution in [1.82, 2.24) is 10.6 Å². The lowest BCUT2D eigenvalue weighted by atomic mass is 9.97. The molecule has 76 valence electrons. The molecule has 13 heavy (non-hydrogen) atoms. The van der Waals surface area contributed by atoms with Gasteiger partial charge in [0.05, 0.1) is 6.54 Å². The Balaban J connectivity index is 3.58. The van der Waals surface area contributed by atoms with Crippen LogP contribution in [0.4, 0.5) is 0 Å². The standard InChI is InChI=1S/C9H18N2O2/c1-7(12)10-5-8(13)11-6-9(2,3)4/h5-6H2,1-4H3,(H,10,12)(H,11,13). The second-order valence-electron chi connectivity index (χ2n) is 4.25. The van der Waals surface area contributed by atoms with Gasteiger partial charge < -0.3 is 10.6 Å². The first kappa shape index (κ1) is 11.9. The van der Waals surface area contributed by atoms with Gasteiger partial charge in [-0.2, -0.15) is 0 Å². The van der Waals surface area contributed by atoms with E-state index in [0.717, 1.165) is 0 Å². The van der Waals surface area contributed by atoms with Crippen LogP contribution in [0.1, 0.15) is 27.7 Å². The molecule has 0 bridgehead atoms. The molecule has 0 aliphatic rings. The molecule has 0 aromatic carbocycles. The molecule has 0 atom stereocenters. The van der Waals surface area contributed by atoms with Gasteiger partial charge in [-0.1, -0.05) is 20.8 Å². The fraction of sp³-hybridized carbons (Fsp3) is 0.778. The van der Waals surface area contributed by atoms with E-state index in [1.165, 1.54) is 6.92 Å². The van der Waals surface area contributed by atoms with Gasteiger partial charge >= 0.3 is 0 Å². The number of amides is 2. The van der Waals surface area contributed by atoms with Crippen LogP contribution in [0.2, 0.25) is 0 Å². The van der Waals surface area contributed by atoms with Gasteiger partial charge in [0.25, 0.3) is 0 Å². The summed E-state index contributed by atoms with van der Waals surface area (Å²) in [5.41, 5.74) is 0.0753. The van der Waals surface area contributed by atoms with E-state index in [-0.39, 0.29) is 23.8 Å². The van der Waals surface area contributed by atoms with E-state index < -0.39 is 0 Å². The Hall–Kier alpha value is -1.06. The molecule has 4 heteroatoms. The SMILES string of the molecule is CC(=O)NCC(=O)NCC(C)(C)C. The Kier molecular flexibility index (Phi) is 4.45. The summed E-state index contributed by atoms with van der Waals surface area (Å²) in [4.78, 5) is 21.5. The van der Waals surface area contributed by atoms with Gasteiger partial charge in [0.2, 0.25) is 11.8 Å². The third-order valence-electron chi connectivity index (χ3n) is 1.31. The molecule has 0 aromatic heterocycles. The normalized spacial score (nSPS) is 10.8. The van der Waals surface area contributed by atoms with Crippen molar-refractivity contribution in [3.63, 3.8) is 0 Å². The molecule has 0 fully saturated rings. The van der Waals surface area contributed by atoms with Crippen LogP contribution in [0.3, 0.4) is 0 Å². The lowest BCUT2D eigenvalue weighted by Gasteiger charge is -2.18.